The molecule has 1 N–H and O–H groups in total. The van der Waals surface area contributed by atoms with Gasteiger partial charge in [0.15, 0.2) is 0 Å². The number of benzene rings is 1. The van der Waals surface area contributed by atoms with Crippen LogP contribution in [0, 0.1) is 5.41 Å². The molecule has 3 aliphatic heterocycles. The third-order valence-corrected chi connectivity index (χ3v) is 5.63. The van der Waals surface area contributed by atoms with Crippen LogP contribution in [0.3, 0.4) is 0 Å². The van der Waals surface area contributed by atoms with Crippen LogP contribution < -0.4 is 4.74 Å². The summed E-state index contributed by atoms with van der Waals surface area (Å²) in [7, 11) is 0. The van der Waals surface area contributed by atoms with Crippen LogP contribution in [0.15, 0.2) is 24.4 Å². The largest absolute Gasteiger partial charge is 0.491 e. The number of carbonyl (C=O) groups excluding carboxylic acids is 1. The van der Waals surface area contributed by atoms with Crippen molar-refractivity contribution in [2.75, 3.05) is 26.2 Å². The van der Waals surface area contributed by atoms with Crippen molar-refractivity contribution in [2.45, 2.75) is 39.2 Å². The molecular weight excluding hydrogens is 316 g/mol. The molecule has 0 saturated carbocycles. The van der Waals surface area contributed by atoms with Gasteiger partial charge in [0.25, 0.3) is 0 Å². The molecule has 0 radical (unpaired) electrons. The first-order chi connectivity index (χ1) is 12.0. The predicted molar refractivity (Wildman–Crippen MR) is 97.1 cm³/mol. The van der Waals surface area contributed by atoms with E-state index in [4.69, 9.17) is 9.47 Å². The van der Waals surface area contributed by atoms with Crippen LogP contribution in [0.25, 0.3) is 10.9 Å². The van der Waals surface area contributed by atoms with Gasteiger partial charge in [0, 0.05) is 22.5 Å². The summed E-state index contributed by atoms with van der Waals surface area (Å²) in [6.45, 7) is 7.94. The van der Waals surface area contributed by atoms with Gasteiger partial charge in [0.2, 0.25) is 0 Å². The summed E-state index contributed by atoms with van der Waals surface area (Å²) in [5, 5.41) is 0.860. The number of H-pyrrole nitrogens is 1. The number of aromatic amines is 1. The van der Waals surface area contributed by atoms with Crippen LogP contribution in [-0.2, 0) is 4.74 Å². The molecule has 0 aliphatic carbocycles. The molecule has 1 aromatic heterocycles. The number of nitrogens with one attached hydrogen (secondary N) is 1. The Hall–Kier alpha value is -2.01. The lowest BCUT2D eigenvalue weighted by atomic mass is 9.73. The number of nitrogens with zero attached hydrogens (tertiary/aromatic N) is 1. The molecule has 4 heterocycles. The number of carbonyl (C=O) groups is 1. The van der Waals surface area contributed by atoms with E-state index < -0.39 is 0 Å². The van der Waals surface area contributed by atoms with Crippen molar-refractivity contribution in [1.82, 2.24) is 9.88 Å². The van der Waals surface area contributed by atoms with Crippen LogP contribution in [0.2, 0.25) is 0 Å². The Morgan fingerprint density at radius 3 is 2.64 bits per heavy atom. The van der Waals surface area contributed by atoms with Gasteiger partial charge in [-0.3, -0.25) is 0 Å². The first-order valence-corrected chi connectivity index (χ1v) is 9.22. The molecule has 1 aromatic carbocycles. The maximum atomic E-state index is 12.7. The van der Waals surface area contributed by atoms with Crippen LogP contribution in [0.1, 0.15) is 43.5 Å². The highest BCUT2D eigenvalue weighted by atomic mass is 16.5. The number of hydrogen-bond donors (Lipinski definition) is 1. The number of aromatic nitrogens is 1. The zero-order valence-electron chi connectivity index (χ0n) is 15.0. The molecule has 0 amide bonds. The molecular formula is C20H26N2O3. The quantitative estimate of drug-likeness (QED) is 0.844. The molecule has 3 fully saturated rings. The number of hydrogen-bond acceptors (Lipinski definition) is 4. The van der Waals surface area contributed by atoms with Crippen LogP contribution in [0.5, 0.6) is 5.75 Å². The van der Waals surface area contributed by atoms with Gasteiger partial charge < -0.3 is 19.4 Å². The van der Waals surface area contributed by atoms with Crippen molar-refractivity contribution in [2.24, 2.45) is 5.41 Å². The lowest BCUT2D eigenvalue weighted by molar-refractivity contribution is -0.0304. The number of ether oxygens (including phenoxy) is 2. The highest BCUT2D eigenvalue weighted by Gasteiger charge is 2.40. The second-order valence-corrected chi connectivity index (χ2v) is 7.74. The fourth-order valence-corrected chi connectivity index (χ4v) is 4.02. The van der Waals surface area contributed by atoms with Crippen molar-refractivity contribution in [1.29, 1.82) is 0 Å². The molecule has 2 aromatic rings. The Bertz CT molecular complexity index is 759. The summed E-state index contributed by atoms with van der Waals surface area (Å²) >= 11 is 0. The lowest BCUT2D eigenvalue weighted by Crippen LogP contribution is -2.50. The van der Waals surface area contributed by atoms with Crippen LogP contribution in [-0.4, -0.2) is 48.2 Å². The smallest absolute Gasteiger partial charge is 0.340 e. The molecule has 0 unspecified atom stereocenters. The second kappa shape index (κ2) is 6.37. The fraction of sp³-hybridized carbons (Fsp3) is 0.550. The van der Waals surface area contributed by atoms with E-state index in [1.54, 1.807) is 6.20 Å². The zero-order valence-corrected chi connectivity index (χ0v) is 15.0. The van der Waals surface area contributed by atoms with E-state index in [1.807, 2.05) is 32.0 Å². The molecule has 5 heteroatoms. The van der Waals surface area contributed by atoms with E-state index >= 15 is 0 Å². The first kappa shape index (κ1) is 16.5. The van der Waals surface area contributed by atoms with Crippen molar-refractivity contribution in [3.63, 3.8) is 0 Å². The van der Waals surface area contributed by atoms with Crippen molar-refractivity contribution < 1.29 is 14.3 Å². The normalized spacial score (nSPS) is 25.5. The molecule has 3 saturated heterocycles. The minimum absolute atomic E-state index is 0.100. The first-order valence-electron chi connectivity index (χ1n) is 9.22. The van der Waals surface area contributed by atoms with Crippen LogP contribution in [0.4, 0.5) is 0 Å². The van der Waals surface area contributed by atoms with E-state index in [1.165, 1.54) is 0 Å². The topological polar surface area (TPSA) is 54.6 Å². The predicted octanol–water partition coefficient (Wildman–Crippen LogP) is 3.60. The third kappa shape index (κ3) is 3.25. The Morgan fingerprint density at radius 1 is 1.24 bits per heavy atom. The number of esters is 1. The number of rotatable bonds is 5. The average Bonchev–Trinajstić information content (AvgIpc) is 3.04. The standard InChI is InChI=1S/C20H26N2O3/c1-14(2)25-15-3-4-18-16(11-15)17(12-21-18)19(23)24-13-20-5-8-22(9-6-20)10-7-20/h3-4,11-12,14,21H,5-10,13H2,1-2H3. The van der Waals surface area contributed by atoms with E-state index in [9.17, 15) is 4.79 Å². The van der Waals surface area contributed by atoms with Gasteiger partial charge in [-0.1, -0.05) is 0 Å². The maximum absolute atomic E-state index is 12.7. The minimum atomic E-state index is -0.240. The zero-order chi connectivity index (χ0) is 17.4. The lowest BCUT2D eigenvalue weighted by Gasteiger charge is -2.47. The van der Waals surface area contributed by atoms with Crippen molar-refractivity contribution in [3.8, 4) is 5.75 Å². The Balaban J connectivity index is 1.49. The SMILES string of the molecule is CC(C)Oc1ccc2[nH]cc(C(=O)OCC34CCN(CC3)CC4)c2c1. The van der Waals surface area contributed by atoms with Gasteiger partial charge in [0.05, 0.1) is 18.3 Å². The highest BCUT2D eigenvalue weighted by molar-refractivity contribution is 6.04. The van der Waals surface area contributed by atoms with Gasteiger partial charge in [-0.05, 0) is 70.9 Å². The molecule has 0 spiro atoms. The van der Waals surface area contributed by atoms with Gasteiger partial charge >= 0.3 is 5.97 Å². The van der Waals surface area contributed by atoms with Crippen LogP contribution >= 0.6 is 0 Å². The Kier molecular flexibility index (Phi) is 4.20. The second-order valence-electron chi connectivity index (χ2n) is 7.74. The minimum Gasteiger partial charge on any atom is -0.491 e. The van der Waals surface area contributed by atoms with Gasteiger partial charge in [-0.25, -0.2) is 4.79 Å². The van der Waals surface area contributed by atoms with Gasteiger partial charge in [0.1, 0.15) is 5.75 Å². The summed E-state index contributed by atoms with van der Waals surface area (Å²) in [6.07, 6.45) is 5.26. The van der Waals surface area contributed by atoms with Crippen molar-refractivity contribution >= 4 is 16.9 Å². The molecule has 0 atom stereocenters. The molecule has 134 valence electrons. The van der Waals surface area contributed by atoms with E-state index in [-0.39, 0.29) is 17.5 Å². The molecule has 3 aliphatic rings. The monoisotopic (exact) mass is 342 g/mol. The maximum Gasteiger partial charge on any atom is 0.340 e. The van der Waals surface area contributed by atoms with Gasteiger partial charge in [-0.15, -0.1) is 0 Å². The molecule has 5 nitrogen and oxygen atoms in total. The summed E-state index contributed by atoms with van der Waals surface area (Å²) in [5.74, 6) is 0.532. The van der Waals surface area contributed by atoms with Gasteiger partial charge in [-0.2, -0.15) is 0 Å². The summed E-state index contributed by atoms with van der Waals surface area (Å²) in [5.41, 5.74) is 1.71. The molecule has 25 heavy (non-hydrogen) atoms. The van der Waals surface area contributed by atoms with Crippen molar-refractivity contribution in [3.05, 3.63) is 30.0 Å². The number of fused-ring (bicyclic) bond motifs is 4. The summed E-state index contributed by atoms with van der Waals surface area (Å²) < 4.78 is 11.5. The van der Waals surface area contributed by atoms with E-state index in [0.29, 0.717) is 12.2 Å². The molecule has 2 bridgehead atoms. The summed E-state index contributed by atoms with van der Waals surface area (Å²) in [6, 6.07) is 5.78. The highest BCUT2D eigenvalue weighted by Crippen LogP contribution is 2.40. The fourth-order valence-electron chi connectivity index (χ4n) is 4.02. The number of piperidine rings is 3. The third-order valence-electron chi connectivity index (χ3n) is 5.63. The van der Waals surface area contributed by atoms with E-state index in [2.05, 4.69) is 9.88 Å². The summed E-state index contributed by atoms with van der Waals surface area (Å²) in [4.78, 5) is 18.3. The Morgan fingerprint density at radius 2 is 1.96 bits per heavy atom. The van der Waals surface area contributed by atoms with E-state index in [0.717, 1.165) is 55.5 Å². The Labute approximate surface area is 148 Å². The molecule has 5 rings (SSSR count). The average molecular weight is 342 g/mol.